The summed E-state index contributed by atoms with van der Waals surface area (Å²) in [6.45, 7) is 3.63. The van der Waals surface area contributed by atoms with Crippen molar-refractivity contribution < 1.29 is 4.48 Å². The fourth-order valence-electron chi connectivity index (χ4n) is 2.78. The molecule has 0 aliphatic heterocycles. The first-order chi connectivity index (χ1) is 9.56. The lowest BCUT2D eigenvalue weighted by Gasteiger charge is -2.23. The molecule has 0 saturated carbocycles. The van der Waals surface area contributed by atoms with E-state index in [1.165, 1.54) is 96.4 Å². The smallest absolute Gasteiger partial charge is 0.0780 e. The summed E-state index contributed by atoms with van der Waals surface area (Å²) in [6.07, 6.45) is 20.4. The van der Waals surface area contributed by atoms with Crippen LogP contribution in [0.15, 0.2) is 0 Å². The summed E-state index contributed by atoms with van der Waals surface area (Å²) in [4.78, 5) is 0. The monoisotopic (exact) mass is 295 g/mol. The fourth-order valence-corrected chi connectivity index (χ4v) is 2.78. The molecular formula is C19H42BN+. The summed E-state index contributed by atoms with van der Waals surface area (Å²) in [5.74, 6) is 0. The fraction of sp³-hybridized carbons (Fsp3) is 1.00. The van der Waals surface area contributed by atoms with E-state index >= 15 is 0 Å². The van der Waals surface area contributed by atoms with Crippen molar-refractivity contribution in [2.24, 2.45) is 0 Å². The Morgan fingerprint density at radius 3 is 1.05 bits per heavy atom. The Kier molecular flexibility index (Phi) is 18.2. The van der Waals surface area contributed by atoms with Gasteiger partial charge in [-0.15, -0.1) is 0 Å². The zero-order chi connectivity index (χ0) is 15.1. The maximum Gasteiger partial charge on any atom is 0.0780 e. The van der Waals surface area contributed by atoms with E-state index in [0.29, 0.717) is 0 Å². The van der Waals surface area contributed by atoms with Gasteiger partial charge in [0, 0.05) is 8.41 Å². The van der Waals surface area contributed by atoms with Crippen LogP contribution >= 0.6 is 0 Å². The van der Waals surface area contributed by atoms with Crippen LogP contribution in [-0.2, 0) is 0 Å². The standard InChI is InChI=1S/C19H42N.B/c1-5-6-7-8-9-10-11-12-13-14-15-16-17-18-19-20(2,3)4;/h5-19H2,1-4H3;/q+1;. The minimum atomic E-state index is 0. The molecule has 0 aromatic heterocycles. The van der Waals surface area contributed by atoms with Crippen LogP contribution in [0.4, 0.5) is 0 Å². The molecular weight excluding hydrogens is 253 g/mol. The largest absolute Gasteiger partial charge is 0.331 e. The maximum absolute atomic E-state index is 2.29. The van der Waals surface area contributed by atoms with Gasteiger partial charge in [-0.25, -0.2) is 0 Å². The van der Waals surface area contributed by atoms with Crippen LogP contribution < -0.4 is 0 Å². The highest BCUT2D eigenvalue weighted by atomic mass is 15.3. The molecule has 1 nitrogen and oxygen atoms in total. The van der Waals surface area contributed by atoms with E-state index in [2.05, 4.69) is 28.1 Å². The van der Waals surface area contributed by atoms with Crippen molar-refractivity contribution in [3.05, 3.63) is 0 Å². The summed E-state index contributed by atoms with van der Waals surface area (Å²) >= 11 is 0. The van der Waals surface area contributed by atoms with Crippen LogP contribution in [-0.4, -0.2) is 40.6 Å². The van der Waals surface area contributed by atoms with Gasteiger partial charge in [-0.05, 0) is 12.8 Å². The third kappa shape index (κ3) is 22.4. The normalized spacial score (nSPS) is 11.4. The van der Waals surface area contributed by atoms with Crippen LogP contribution in [0, 0.1) is 0 Å². The van der Waals surface area contributed by atoms with Crippen molar-refractivity contribution in [3.63, 3.8) is 0 Å². The highest BCUT2D eigenvalue weighted by molar-refractivity contribution is 5.75. The third-order valence-electron chi connectivity index (χ3n) is 4.18. The molecule has 2 heteroatoms. The van der Waals surface area contributed by atoms with Crippen LogP contribution in [0.1, 0.15) is 96.8 Å². The number of nitrogens with zero attached hydrogens (tertiary/aromatic N) is 1. The van der Waals surface area contributed by atoms with E-state index in [-0.39, 0.29) is 8.41 Å². The number of unbranched alkanes of at least 4 members (excludes halogenated alkanes) is 13. The molecule has 0 bridgehead atoms. The number of hydrogen-bond acceptors (Lipinski definition) is 0. The van der Waals surface area contributed by atoms with Crippen molar-refractivity contribution in [3.8, 4) is 0 Å². The highest BCUT2D eigenvalue weighted by Gasteiger charge is 2.04. The Bertz CT molecular complexity index is 186. The van der Waals surface area contributed by atoms with E-state index < -0.39 is 0 Å². The van der Waals surface area contributed by atoms with Crippen LogP contribution in [0.5, 0.6) is 0 Å². The second kappa shape index (κ2) is 16.4. The van der Waals surface area contributed by atoms with Gasteiger partial charge < -0.3 is 4.48 Å². The highest BCUT2D eigenvalue weighted by Crippen LogP contribution is 2.13. The average Bonchev–Trinajstić information content (AvgIpc) is 2.38. The lowest BCUT2D eigenvalue weighted by atomic mass is 10.0. The van der Waals surface area contributed by atoms with Crippen molar-refractivity contribution >= 4 is 8.41 Å². The maximum atomic E-state index is 2.29. The molecule has 0 amide bonds. The van der Waals surface area contributed by atoms with Gasteiger partial charge in [0.2, 0.25) is 0 Å². The molecule has 0 unspecified atom stereocenters. The van der Waals surface area contributed by atoms with Gasteiger partial charge in [0.15, 0.2) is 0 Å². The summed E-state index contributed by atoms with van der Waals surface area (Å²) in [7, 11) is 6.88. The molecule has 0 spiro atoms. The second-order valence-electron chi connectivity index (χ2n) is 7.61. The first kappa shape index (κ1) is 23.3. The molecule has 0 fully saturated rings. The molecule has 0 aromatic carbocycles. The van der Waals surface area contributed by atoms with Crippen molar-refractivity contribution in [2.75, 3.05) is 27.7 Å². The molecule has 0 atom stereocenters. The Balaban J connectivity index is 0. The number of quaternary nitrogens is 1. The lowest BCUT2D eigenvalue weighted by molar-refractivity contribution is -0.870. The lowest BCUT2D eigenvalue weighted by Crippen LogP contribution is -2.35. The van der Waals surface area contributed by atoms with E-state index in [0.717, 1.165) is 4.48 Å². The van der Waals surface area contributed by atoms with Crippen LogP contribution in [0.25, 0.3) is 0 Å². The molecule has 0 aliphatic carbocycles. The second-order valence-corrected chi connectivity index (χ2v) is 7.61. The van der Waals surface area contributed by atoms with Gasteiger partial charge in [-0.3, -0.25) is 0 Å². The van der Waals surface area contributed by atoms with E-state index in [1.54, 1.807) is 0 Å². The van der Waals surface area contributed by atoms with Gasteiger partial charge in [0.1, 0.15) is 0 Å². The topological polar surface area (TPSA) is 0 Å². The predicted octanol–water partition coefficient (Wildman–Crippen LogP) is 5.79. The Morgan fingerprint density at radius 2 is 0.762 bits per heavy atom. The minimum absolute atomic E-state index is 0. The van der Waals surface area contributed by atoms with Crippen LogP contribution in [0.3, 0.4) is 0 Å². The van der Waals surface area contributed by atoms with Gasteiger partial charge in [-0.1, -0.05) is 84.0 Å². The van der Waals surface area contributed by atoms with Crippen molar-refractivity contribution in [2.45, 2.75) is 96.8 Å². The molecule has 0 aromatic rings. The zero-order valence-electron chi connectivity index (χ0n) is 15.6. The molecule has 0 N–H and O–H groups in total. The SMILES string of the molecule is CCCCCCCCCCCCCCCC[N+](C)(C)C.[B]. The summed E-state index contributed by atoms with van der Waals surface area (Å²) in [6, 6.07) is 0. The average molecular weight is 295 g/mol. The molecule has 0 aliphatic rings. The minimum Gasteiger partial charge on any atom is -0.331 e. The van der Waals surface area contributed by atoms with E-state index in [4.69, 9.17) is 0 Å². The quantitative estimate of drug-likeness (QED) is 0.204. The summed E-state index contributed by atoms with van der Waals surface area (Å²) in [5, 5.41) is 0. The number of rotatable bonds is 15. The predicted molar refractivity (Wildman–Crippen MR) is 99.0 cm³/mol. The first-order valence-corrected chi connectivity index (χ1v) is 9.36. The van der Waals surface area contributed by atoms with E-state index in [1.807, 2.05) is 0 Å². The molecule has 21 heavy (non-hydrogen) atoms. The van der Waals surface area contributed by atoms with Gasteiger partial charge in [0.25, 0.3) is 0 Å². The molecule has 0 heterocycles. The molecule has 0 saturated heterocycles. The number of hydrogen-bond donors (Lipinski definition) is 0. The van der Waals surface area contributed by atoms with E-state index in [9.17, 15) is 0 Å². The Labute approximate surface area is 138 Å². The Morgan fingerprint density at radius 1 is 0.476 bits per heavy atom. The molecule has 125 valence electrons. The zero-order valence-corrected chi connectivity index (χ0v) is 15.6. The van der Waals surface area contributed by atoms with Crippen molar-refractivity contribution in [1.29, 1.82) is 0 Å². The Hall–Kier alpha value is 0.0249. The van der Waals surface area contributed by atoms with Crippen LogP contribution in [0.2, 0.25) is 0 Å². The van der Waals surface area contributed by atoms with Gasteiger partial charge in [0.05, 0.1) is 27.7 Å². The summed E-state index contributed by atoms with van der Waals surface area (Å²) < 4.78 is 1.12. The van der Waals surface area contributed by atoms with Crippen molar-refractivity contribution in [1.82, 2.24) is 0 Å². The third-order valence-corrected chi connectivity index (χ3v) is 4.18. The molecule has 0 rings (SSSR count). The summed E-state index contributed by atoms with van der Waals surface area (Å²) in [5.41, 5.74) is 0. The first-order valence-electron chi connectivity index (χ1n) is 9.36. The van der Waals surface area contributed by atoms with Gasteiger partial charge in [-0.2, -0.15) is 0 Å². The van der Waals surface area contributed by atoms with Gasteiger partial charge >= 0.3 is 0 Å². The molecule has 3 radical (unpaired) electrons.